The van der Waals surface area contributed by atoms with Gasteiger partial charge in [0.15, 0.2) is 11.4 Å². The minimum absolute atomic E-state index is 0.292. The third-order valence-electron chi connectivity index (χ3n) is 5.43. The van der Waals surface area contributed by atoms with E-state index < -0.39 is 5.97 Å². The molecule has 1 aromatic carbocycles. The van der Waals surface area contributed by atoms with Crippen molar-refractivity contribution in [3.63, 3.8) is 0 Å². The minimum atomic E-state index is -0.681. The summed E-state index contributed by atoms with van der Waals surface area (Å²) in [5, 5.41) is 14.2. The van der Waals surface area contributed by atoms with Gasteiger partial charge in [-0.15, -0.1) is 0 Å². The van der Waals surface area contributed by atoms with Gasteiger partial charge in [0.05, 0.1) is 5.39 Å². The van der Waals surface area contributed by atoms with E-state index in [1.54, 1.807) is 0 Å². The minimum Gasteiger partial charge on any atom is -0.481 e. The van der Waals surface area contributed by atoms with E-state index in [-0.39, 0.29) is 0 Å². The molecule has 0 amide bonds. The zero-order chi connectivity index (χ0) is 16.5. The van der Waals surface area contributed by atoms with Gasteiger partial charge < -0.3 is 14.5 Å². The molecule has 0 aliphatic carbocycles. The molecular formula is C18H23N3O3. The summed E-state index contributed by atoms with van der Waals surface area (Å²) in [5.41, 5.74) is 0.840. The molecule has 2 fully saturated rings. The quantitative estimate of drug-likeness (QED) is 0.930. The van der Waals surface area contributed by atoms with Crippen LogP contribution in [0.4, 0.5) is 5.82 Å². The first-order valence-corrected chi connectivity index (χ1v) is 8.76. The highest BCUT2D eigenvalue weighted by molar-refractivity contribution is 5.88. The number of aromatic nitrogens is 1. The summed E-state index contributed by atoms with van der Waals surface area (Å²) in [6, 6.07) is 8.54. The lowest BCUT2D eigenvalue weighted by Crippen LogP contribution is -2.56. The zero-order valence-electron chi connectivity index (χ0n) is 13.7. The average molecular weight is 329 g/mol. The van der Waals surface area contributed by atoms with Crippen molar-refractivity contribution < 1.29 is 14.4 Å². The van der Waals surface area contributed by atoms with Crippen LogP contribution in [-0.2, 0) is 4.79 Å². The summed E-state index contributed by atoms with van der Waals surface area (Å²) in [6.45, 7) is 3.96. The van der Waals surface area contributed by atoms with Gasteiger partial charge in [-0.3, -0.25) is 9.69 Å². The highest BCUT2D eigenvalue weighted by Gasteiger charge is 2.34. The normalized spacial score (nSPS) is 24.9. The SMILES string of the molecule is O=C(O)CC[C@@H]1CC[C@@H]2CN(c3noc4ccccc34)CCN2C1. The van der Waals surface area contributed by atoms with Crippen LogP contribution < -0.4 is 4.90 Å². The van der Waals surface area contributed by atoms with Crippen LogP contribution >= 0.6 is 0 Å². The van der Waals surface area contributed by atoms with Crippen LogP contribution in [0, 0.1) is 5.92 Å². The molecule has 2 saturated heterocycles. The predicted molar refractivity (Wildman–Crippen MR) is 91.2 cm³/mol. The first-order chi connectivity index (χ1) is 11.7. The Hall–Kier alpha value is -2.08. The van der Waals surface area contributed by atoms with Gasteiger partial charge in [-0.05, 0) is 37.3 Å². The number of nitrogens with zero attached hydrogens (tertiary/aromatic N) is 3. The molecule has 0 bridgehead atoms. The number of carboxylic acid groups (broad SMARTS) is 1. The molecule has 0 spiro atoms. The van der Waals surface area contributed by atoms with E-state index in [0.29, 0.717) is 18.4 Å². The molecule has 0 saturated carbocycles. The van der Waals surface area contributed by atoms with Crippen LogP contribution in [0.25, 0.3) is 11.0 Å². The number of benzene rings is 1. The molecule has 0 radical (unpaired) electrons. The second-order valence-electron chi connectivity index (χ2n) is 6.97. The number of hydrogen-bond acceptors (Lipinski definition) is 5. The molecule has 1 N–H and O–H groups in total. The number of hydrogen-bond donors (Lipinski definition) is 1. The van der Waals surface area contributed by atoms with E-state index in [4.69, 9.17) is 9.63 Å². The number of fused-ring (bicyclic) bond motifs is 2. The Labute approximate surface area is 141 Å². The second-order valence-corrected chi connectivity index (χ2v) is 6.97. The molecule has 0 unspecified atom stereocenters. The number of carboxylic acids is 1. The van der Waals surface area contributed by atoms with E-state index in [0.717, 1.165) is 62.2 Å². The van der Waals surface area contributed by atoms with Crippen molar-refractivity contribution in [2.24, 2.45) is 5.92 Å². The van der Waals surface area contributed by atoms with Crippen molar-refractivity contribution in [3.8, 4) is 0 Å². The van der Waals surface area contributed by atoms with Crippen molar-refractivity contribution in [2.75, 3.05) is 31.1 Å². The average Bonchev–Trinajstić information content (AvgIpc) is 3.03. The summed E-state index contributed by atoms with van der Waals surface area (Å²) in [6.07, 6.45) is 3.36. The van der Waals surface area contributed by atoms with Crippen molar-refractivity contribution in [2.45, 2.75) is 31.7 Å². The van der Waals surface area contributed by atoms with Crippen molar-refractivity contribution in [3.05, 3.63) is 24.3 Å². The Morgan fingerprint density at radius 3 is 3.00 bits per heavy atom. The van der Waals surface area contributed by atoms with E-state index in [1.165, 1.54) is 0 Å². The number of aliphatic carboxylic acids is 1. The third-order valence-corrected chi connectivity index (χ3v) is 5.43. The Kier molecular flexibility index (Phi) is 4.14. The Morgan fingerprint density at radius 1 is 1.25 bits per heavy atom. The van der Waals surface area contributed by atoms with Crippen molar-refractivity contribution in [1.29, 1.82) is 0 Å². The molecule has 6 heteroatoms. The molecule has 24 heavy (non-hydrogen) atoms. The summed E-state index contributed by atoms with van der Waals surface area (Å²) in [4.78, 5) is 15.6. The molecule has 2 aliphatic rings. The second kappa shape index (κ2) is 6.43. The van der Waals surface area contributed by atoms with Crippen LogP contribution in [-0.4, -0.2) is 53.4 Å². The largest absolute Gasteiger partial charge is 0.481 e. The van der Waals surface area contributed by atoms with Gasteiger partial charge >= 0.3 is 5.97 Å². The highest BCUT2D eigenvalue weighted by atomic mass is 16.5. The molecule has 2 aromatic rings. The fraction of sp³-hybridized carbons (Fsp3) is 0.556. The molecule has 3 heterocycles. The number of piperazine rings is 1. The molecule has 1 aromatic heterocycles. The van der Waals surface area contributed by atoms with Crippen LogP contribution in [0.15, 0.2) is 28.8 Å². The number of carbonyl (C=O) groups is 1. The number of piperidine rings is 1. The Bertz CT molecular complexity index is 729. The molecule has 4 rings (SSSR count). The molecule has 2 aliphatic heterocycles. The number of para-hydroxylation sites is 1. The molecule has 128 valence electrons. The summed E-state index contributed by atoms with van der Waals surface area (Å²) in [7, 11) is 0. The summed E-state index contributed by atoms with van der Waals surface area (Å²) < 4.78 is 5.45. The van der Waals surface area contributed by atoms with Crippen LogP contribution in [0.2, 0.25) is 0 Å². The molecular weight excluding hydrogens is 306 g/mol. The lowest BCUT2D eigenvalue weighted by atomic mass is 9.88. The Balaban J connectivity index is 1.41. The van der Waals surface area contributed by atoms with Gasteiger partial charge in [-0.25, -0.2) is 0 Å². The van der Waals surface area contributed by atoms with Gasteiger partial charge in [0, 0.05) is 38.6 Å². The fourth-order valence-electron chi connectivity index (χ4n) is 4.11. The van der Waals surface area contributed by atoms with Crippen molar-refractivity contribution >= 4 is 22.8 Å². The highest BCUT2D eigenvalue weighted by Crippen LogP contribution is 2.32. The standard InChI is InChI=1S/C18H23N3O3/c22-17(23)8-6-13-5-7-14-12-21(10-9-20(14)11-13)18-15-3-1-2-4-16(15)24-19-18/h1-4,13-14H,5-12H2,(H,22,23)/t13-,14+/m0/s1. The maximum atomic E-state index is 10.8. The third kappa shape index (κ3) is 2.98. The van der Waals surface area contributed by atoms with Gasteiger partial charge in [-0.2, -0.15) is 0 Å². The lowest BCUT2D eigenvalue weighted by Gasteiger charge is -2.46. The molecule has 6 nitrogen and oxygen atoms in total. The van der Waals surface area contributed by atoms with Crippen LogP contribution in [0.5, 0.6) is 0 Å². The van der Waals surface area contributed by atoms with E-state index >= 15 is 0 Å². The summed E-state index contributed by atoms with van der Waals surface area (Å²) in [5.74, 6) is 0.801. The first kappa shape index (κ1) is 15.4. The zero-order valence-corrected chi connectivity index (χ0v) is 13.7. The maximum absolute atomic E-state index is 10.8. The Morgan fingerprint density at radius 2 is 2.12 bits per heavy atom. The van der Waals surface area contributed by atoms with E-state index in [2.05, 4.69) is 21.0 Å². The topological polar surface area (TPSA) is 69.8 Å². The fourth-order valence-corrected chi connectivity index (χ4v) is 4.11. The number of rotatable bonds is 4. The predicted octanol–water partition coefficient (Wildman–Crippen LogP) is 2.59. The number of anilines is 1. The lowest BCUT2D eigenvalue weighted by molar-refractivity contribution is -0.137. The van der Waals surface area contributed by atoms with Crippen molar-refractivity contribution in [1.82, 2.24) is 10.1 Å². The van der Waals surface area contributed by atoms with E-state index in [9.17, 15) is 4.79 Å². The monoisotopic (exact) mass is 329 g/mol. The van der Waals surface area contributed by atoms with Gasteiger partial charge in [0.2, 0.25) is 0 Å². The maximum Gasteiger partial charge on any atom is 0.303 e. The van der Waals surface area contributed by atoms with Gasteiger partial charge in [0.1, 0.15) is 0 Å². The molecule has 2 atom stereocenters. The smallest absolute Gasteiger partial charge is 0.303 e. The van der Waals surface area contributed by atoms with Crippen LogP contribution in [0.3, 0.4) is 0 Å². The van der Waals surface area contributed by atoms with E-state index in [1.807, 2.05) is 18.2 Å². The summed E-state index contributed by atoms with van der Waals surface area (Å²) >= 11 is 0. The van der Waals surface area contributed by atoms with Crippen LogP contribution in [0.1, 0.15) is 25.7 Å². The van der Waals surface area contributed by atoms with Gasteiger partial charge in [-0.1, -0.05) is 17.3 Å². The first-order valence-electron chi connectivity index (χ1n) is 8.76. The van der Waals surface area contributed by atoms with Gasteiger partial charge in [0.25, 0.3) is 0 Å².